The zero-order chi connectivity index (χ0) is 17.7. The van der Waals surface area contributed by atoms with Crippen LogP contribution in [0, 0.1) is 11.8 Å². The van der Waals surface area contributed by atoms with Crippen molar-refractivity contribution in [1.82, 2.24) is 0 Å². The van der Waals surface area contributed by atoms with E-state index in [1.165, 1.54) is 0 Å². The zero-order valence-electron chi connectivity index (χ0n) is 14.2. The van der Waals surface area contributed by atoms with Gasteiger partial charge in [-0.15, -0.1) is 0 Å². The van der Waals surface area contributed by atoms with Gasteiger partial charge in [-0.05, 0) is 42.5 Å². The van der Waals surface area contributed by atoms with Crippen LogP contribution in [0.25, 0.3) is 0 Å². The van der Waals surface area contributed by atoms with E-state index in [1.54, 1.807) is 11.8 Å². The Bertz CT molecular complexity index is 864. The molecule has 0 amide bonds. The highest BCUT2D eigenvalue weighted by Crippen LogP contribution is 2.35. The fraction of sp³-hybridized carbons (Fsp3) is 0.273. The first kappa shape index (κ1) is 19.8. The minimum absolute atomic E-state index is 0. The standard InChI is InChI=1S/C21H20N2OS.CH4/c1-21(12-13-25-20(22)23-21)18-9-5-8-17(14-18)15-19(24)11-10-16-6-3-2-4-7-16;/h2-9,14H,12-13,15H2,1H3,(H2,22,23);1H4/t21-;/m0./s1. The monoisotopic (exact) mass is 364 g/mol. The average molecular weight is 365 g/mol. The van der Waals surface area contributed by atoms with Gasteiger partial charge in [0.25, 0.3) is 0 Å². The van der Waals surface area contributed by atoms with E-state index in [0.717, 1.165) is 28.9 Å². The van der Waals surface area contributed by atoms with Crippen LogP contribution in [0.4, 0.5) is 0 Å². The molecule has 0 saturated carbocycles. The van der Waals surface area contributed by atoms with Crippen LogP contribution < -0.4 is 5.73 Å². The highest BCUT2D eigenvalue weighted by Gasteiger charge is 2.29. The number of Topliss-reactive ketones (excluding diaryl/α,β-unsaturated/α-hetero) is 1. The molecule has 3 rings (SSSR count). The van der Waals surface area contributed by atoms with E-state index in [2.05, 4.69) is 35.9 Å². The molecule has 0 spiro atoms. The molecule has 134 valence electrons. The van der Waals surface area contributed by atoms with Crippen molar-refractivity contribution >= 4 is 22.7 Å². The minimum Gasteiger partial charge on any atom is -0.379 e. The minimum atomic E-state index is -0.315. The summed E-state index contributed by atoms with van der Waals surface area (Å²) in [5, 5.41) is 0.629. The lowest BCUT2D eigenvalue weighted by atomic mass is 9.88. The average Bonchev–Trinajstić information content (AvgIpc) is 2.61. The van der Waals surface area contributed by atoms with E-state index >= 15 is 0 Å². The number of hydrogen-bond donors (Lipinski definition) is 1. The summed E-state index contributed by atoms with van der Waals surface area (Å²) >= 11 is 1.59. The zero-order valence-corrected chi connectivity index (χ0v) is 15.0. The number of carbonyl (C=O) groups is 1. The number of nitrogens with two attached hydrogens (primary N) is 1. The van der Waals surface area contributed by atoms with Gasteiger partial charge in [-0.25, -0.2) is 0 Å². The van der Waals surface area contributed by atoms with E-state index in [4.69, 9.17) is 5.73 Å². The maximum atomic E-state index is 12.2. The van der Waals surface area contributed by atoms with Gasteiger partial charge in [0.2, 0.25) is 5.78 Å². The van der Waals surface area contributed by atoms with Crippen LogP contribution in [0.2, 0.25) is 0 Å². The van der Waals surface area contributed by atoms with Crippen LogP contribution in [0.5, 0.6) is 0 Å². The van der Waals surface area contributed by atoms with Crippen LogP contribution in [0.15, 0.2) is 59.6 Å². The Labute approximate surface area is 160 Å². The fourth-order valence-corrected chi connectivity index (χ4v) is 3.78. The number of ketones is 1. The summed E-state index contributed by atoms with van der Waals surface area (Å²) in [6.45, 7) is 2.09. The van der Waals surface area contributed by atoms with Gasteiger partial charge in [-0.2, -0.15) is 0 Å². The van der Waals surface area contributed by atoms with Crippen molar-refractivity contribution in [3.05, 3.63) is 71.3 Å². The Morgan fingerprint density at radius 1 is 1.23 bits per heavy atom. The van der Waals surface area contributed by atoms with Gasteiger partial charge in [-0.1, -0.05) is 67.6 Å². The summed E-state index contributed by atoms with van der Waals surface area (Å²) in [5.41, 5.74) is 8.49. The third kappa shape index (κ3) is 5.00. The van der Waals surface area contributed by atoms with Crippen molar-refractivity contribution < 1.29 is 4.79 Å². The second-order valence-electron chi connectivity index (χ2n) is 6.24. The van der Waals surface area contributed by atoms with Crippen molar-refractivity contribution in [3.8, 4) is 11.8 Å². The van der Waals surface area contributed by atoms with Crippen molar-refractivity contribution in [3.63, 3.8) is 0 Å². The summed E-state index contributed by atoms with van der Waals surface area (Å²) in [5.74, 6) is 6.50. The van der Waals surface area contributed by atoms with Crippen LogP contribution in [0.1, 0.15) is 37.5 Å². The molecule has 1 aliphatic rings. The first-order valence-electron chi connectivity index (χ1n) is 8.23. The number of aliphatic imine (C=N–C) groups is 1. The van der Waals surface area contributed by atoms with E-state index in [-0.39, 0.29) is 18.7 Å². The molecule has 1 heterocycles. The summed E-state index contributed by atoms with van der Waals surface area (Å²) < 4.78 is 0. The number of amidine groups is 1. The lowest BCUT2D eigenvalue weighted by molar-refractivity contribution is -0.113. The van der Waals surface area contributed by atoms with Gasteiger partial charge < -0.3 is 5.73 Å². The number of nitrogens with zero attached hydrogens (tertiary/aromatic N) is 1. The third-order valence-electron chi connectivity index (χ3n) is 4.23. The molecule has 3 nitrogen and oxygen atoms in total. The second-order valence-corrected chi connectivity index (χ2v) is 7.35. The van der Waals surface area contributed by atoms with Gasteiger partial charge in [-0.3, -0.25) is 9.79 Å². The van der Waals surface area contributed by atoms with E-state index in [9.17, 15) is 4.79 Å². The third-order valence-corrected chi connectivity index (χ3v) is 5.02. The van der Waals surface area contributed by atoms with Crippen molar-refractivity contribution in [2.75, 3.05) is 5.75 Å². The Morgan fingerprint density at radius 2 is 2.00 bits per heavy atom. The molecule has 4 heteroatoms. The highest BCUT2D eigenvalue weighted by molar-refractivity contribution is 8.13. The SMILES string of the molecule is C.C[C@@]1(c2cccc(CC(=O)C#Cc3ccccc3)c2)CCSC(N)=N1. The number of thioether (sulfide) groups is 1. The number of rotatable bonds is 3. The molecule has 0 saturated heterocycles. The molecule has 0 fully saturated rings. The van der Waals surface area contributed by atoms with Gasteiger partial charge in [0.05, 0.1) is 5.54 Å². The normalized spacial score (nSPS) is 18.7. The molecule has 1 aliphatic heterocycles. The molecule has 2 aromatic rings. The molecule has 1 atom stereocenters. The molecule has 0 bridgehead atoms. The molecule has 0 aromatic heterocycles. The molecule has 2 N–H and O–H groups in total. The number of hydrogen-bond acceptors (Lipinski definition) is 4. The maximum Gasteiger partial charge on any atom is 0.210 e. The van der Waals surface area contributed by atoms with Crippen molar-refractivity contribution in [1.29, 1.82) is 0 Å². The largest absolute Gasteiger partial charge is 0.379 e. The Morgan fingerprint density at radius 3 is 2.73 bits per heavy atom. The Balaban J connectivity index is 0.00000243. The van der Waals surface area contributed by atoms with Crippen LogP contribution in [-0.4, -0.2) is 16.7 Å². The lowest BCUT2D eigenvalue weighted by Gasteiger charge is -2.30. The van der Waals surface area contributed by atoms with Gasteiger partial charge in [0, 0.05) is 17.7 Å². The summed E-state index contributed by atoms with van der Waals surface area (Å²) in [4.78, 5) is 16.8. The lowest BCUT2D eigenvalue weighted by Crippen LogP contribution is -2.28. The predicted molar refractivity (Wildman–Crippen MR) is 111 cm³/mol. The summed E-state index contributed by atoms with van der Waals surface area (Å²) in [6.07, 6.45) is 1.24. The van der Waals surface area contributed by atoms with Gasteiger partial charge >= 0.3 is 0 Å². The Kier molecular flexibility index (Phi) is 6.65. The van der Waals surface area contributed by atoms with E-state index < -0.39 is 0 Å². The molecule has 26 heavy (non-hydrogen) atoms. The first-order chi connectivity index (χ1) is 12.0. The summed E-state index contributed by atoms with van der Waals surface area (Å²) in [6, 6.07) is 17.6. The molecule has 0 unspecified atom stereocenters. The van der Waals surface area contributed by atoms with Gasteiger partial charge in [0.15, 0.2) is 5.17 Å². The maximum absolute atomic E-state index is 12.2. The van der Waals surface area contributed by atoms with Crippen LogP contribution in [0.3, 0.4) is 0 Å². The van der Waals surface area contributed by atoms with Crippen molar-refractivity contribution in [2.24, 2.45) is 10.7 Å². The highest BCUT2D eigenvalue weighted by atomic mass is 32.2. The first-order valence-corrected chi connectivity index (χ1v) is 9.21. The number of benzene rings is 2. The fourth-order valence-electron chi connectivity index (χ4n) is 2.80. The van der Waals surface area contributed by atoms with Crippen molar-refractivity contribution in [2.45, 2.75) is 32.7 Å². The molecule has 2 aromatic carbocycles. The smallest absolute Gasteiger partial charge is 0.210 e. The van der Waals surface area contributed by atoms with Crippen LogP contribution in [-0.2, 0) is 16.8 Å². The molecular weight excluding hydrogens is 340 g/mol. The quantitative estimate of drug-likeness (QED) is 0.832. The predicted octanol–water partition coefficient (Wildman–Crippen LogP) is 4.15. The Hall–Kier alpha value is -2.51. The second kappa shape index (κ2) is 8.73. The number of carbonyl (C=O) groups excluding carboxylic acids is 1. The molecule has 0 aliphatic carbocycles. The summed E-state index contributed by atoms with van der Waals surface area (Å²) in [7, 11) is 0. The van der Waals surface area contributed by atoms with Crippen LogP contribution >= 0.6 is 11.8 Å². The van der Waals surface area contributed by atoms with E-state index in [0.29, 0.717) is 11.6 Å². The molecule has 0 radical (unpaired) electrons. The van der Waals surface area contributed by atoms with Gasteiger partial charge in [0.1, 0.15) is 0 Å². The van der Waals surface area contributed by atoms with E-state index in [1.807, 2.05) is 42.5 Å². The topological polar surface area (TPSA) is 55.5 Å². The molecular formula is C22H24N2OS.